The Morgan fingerprint density at radius 1 is 0.871 bits per heavy atom. The molecule has 0 aliphatic heterocycles. The quantitative estimate of drug-likeness (QED) is 0.164. The summed E-state index contributed by atoms with van der Waals surface area (Å²) < 4.78 is 12.9. The van der Waals surface area contributed by atoms with Gasteiger partial charge >= 0.3 is 0 Å². The van der Waals surface area contributed by atoms with E-state index in [9.17, 15) is 9.90 Å². The van der Waals surface area contributed by atoms with Crippen LogP contribution in [0.1, 0.15) is 85.6 Å². The van der Waals surface area contributed by atoms with E-state index < -0.39 is 8.32 Å². The fourth-order valence-electron chi connectivity index (χ4n) is 5.02. The molecule has 0 aliphatic rings. The lowest BCUT2D eigenvalue weighted by Gasteiger charge is -2.44. The van der Waals surface area contributed by atoms with E-state index in [1.165, 1.54) is 0 Å². The summed E-state index contributed by atoms with van der Waals surface area (Å²) in [6, 6.07) is 10.2. The molecule has 0 heterocycles. The van der Waals surface area contributed by atoms with E-state index in [4.69, 9.17) is 9.16 Å². The highest BCUT2D eigenvalue weighted by Crippen LogP contribution is 2.43. The van der Waals surface area contributed by atoms with Crippen molar-refractivity contribution in [3.63, 3.8) is 0 Å². The lowest BCUT2D eigenvalue weighted by Crippen LogP contribution is -2.50. The van der Waals surface area contributed by atoms with Gasteiger partial charge in [0.15, 0.2) is 0 Å². The molecule has 0 bridgehead atoms. The summed E-state index contributed by atoms with van der Waals surface area (Å²) in [6.07, 6.45) is 6.07. The largest absolute Gasteiger partial charge is 0.413 e. The number of carbonyl (C=O) groups is 1. The molecule has 0 saturated carbocycles. The van der Waals surface area contributed by atoms with Crippen LogP contribution in [-0.2, 0) is 20.6 Å². The molecule has 1 rings (SSSR count). The monoisotopic (exact) mass is 450 g/mol. The highest BCUT2D eigenvalue weighted by Gasteiger charge is 2.46. The highest BCUT2D eigenvalue weighted by atomic mass is 28.4. The molecule has 0 saturated heterocycles. The van der Waals surface area contributed by atoms with Gasteiger partial charge in [0.05, 0.1) is 18.8 Å². The van der Waals surface area contributed by atoms with Gasteiger partial charge < -0.3 is 19.1 Å². The summed E-state index contributed by atoms with van der Waals surface area (Å²) in [5, 5.41) is 9.40. The Labute approximate surface area is 191 Å². The van der Waals surface area contributed by atoms with E-state index in [2.05, 4.69) is 53.7 Å². The Kier molecular flexibility index (Phi) is 13.5. The van der Waals surface area contributed by atoms with Crippen LogP contribution in [0.15, 0.2) is 30.3 Å². The Hall–Kier alpha value is -1.01. The number of ether oxygens (including phenoxy) is 1. The van der Waals surface area contributed by atoms with Crippen molar-refractivity contribution in [3.8, 4) is 0 Å². The van der Waals surface area contributed by atoms with Gasteiger partial charge in [-0.2, -0.15) is 0 Å². The summed E-state index contributed by atoms with van der Waals surface area (Å²) >= 11 is 0. The van der Waals surface area contributed by atoms with Crippen LogP contribution < -0.4 is 0 Å². The van der Waals surface area contributed by atoms with Gasteiger partial charge in [0.1, 0.15) is 6.29 Å². The van der Waals surface area contributed by atoms with E-state index >= 15 is 0 Å². The first-order valence-electron chi connectivity index (χ1n) is 12.2. The number of aliphatic hydroxyl groups excluding tert-OH is 1. The van der Waals surface area contributed by atoms with E-state index in [0.29, 0.717) is 36.1 Å². The van der Waals surface area contributed by atoms with Crippen LogP contribution >= 0.6 is 0 Å². The summed E-state index contributed by atoms with van der Waals surface area (Å²) in [4.78, 5) is 11.3. The number of rotatable bonds is 17. The van der Waals surface area contributed by atoms with Crippen molar-refractivity contribution >= 4 is 14.6 Å². The van der Waals surface area contributed by atoms with Crippen LogP contribution in [0.3, 0.4) is 0 Å². The van der Waals surface area contributed by atoms with Crippen molar-refractivity contribution in [1.82, 2.24) is 0 Å². The highest BCUT2D eigenvalue weighted by molar-refractivity contribution is 6.77. The third kappa shape index (κ3) is 9.17. The molecule has 0 amide bonds. The average Bonchev–Trinajstić information content (AvgIpc) is 2.72. The third-order valence-corrected chi connectivity index (χ3v) is 12.7. The number of benzene rings is 1. The zero-order valence-electron chi connectivity index (χ0n) is 20.7. The van der Waals surface area contributed by atoms with Gasteiger partial charge in [0, 0.05) is 13.0 Å². The second-order valence-corrected chi connectivity index (χ2v) is 15.1. The first-order chi connectivity index (χ1) is 14.8. The zero-order chi connectivity index (χ0) is 23.3. The Morgan fingerprint density at radius 2 is 1.42 bits per heavy atom. The number of aliphatic hydroxyl groups is 1. The minimum atomic E-state index is -1.99. The maximum Gasteiger partial charge on any atom is 0.200 e. The number of unbranched alkanes of at least 4 members (excludes halogenated alkanes) is 1. The number of hydrogen-bond acceptors (Lipinski definition) is 4. The minimum Gasteiger partial charge on any atom is -0.413 e. The lowest BCUT2D eigenvalue weighted by atomic mass is 10.0. The summed E-state index contributed by atoms with van der Waals surface area (Å²) in [6.45, 7) is 14.4. The number of aldehydes is 1. The van der Waals surface area contributed by atoms with Crippen LogP contribution in [0.4, 0.5) is 0 Å². The van der Waals surface area contributed by atoms with Crippen molar-refractivity contribution in [3.05, 3.63) is 35.9 Å². The van der Waals surface area contributed by atoms with Gasteiger partial charge in [-0.25, -0.2) is 0 Å². The average molecular weight is 451 g/mol. The van der Waals surface area contributed by atoms with Gasteiger partial charge in [0.2, 0.25) is 8.32 Å². The van der Waals surface area contributed by atoms with Crippen molar-refractivity contribution in [2.75, 3.05) is 6.61 Å². The smallest absolute Gasteiger partial charge is 0.200 e. The molecule has 0 unspecified atom stereocenters. The van der Waals surface area contributed by atoms with Crippen molar-refractivity contribution in [2.24, 2.45) is 0 Å². The summed E-state index contributed by atoms with van der Waals surface area (Å²) in [5.74, 6) is 0. The second kappa shape index (κ2) is 14.9. The molecule has 178 valence electrons. The van der Waals surface area contributed by atoms with Gasteiger partial charge in [0.25, 0.3) is 0 Å². The van der Waals surface area contributed by atoms with Crippen LogP contribution in [0.25, 0.3) is 0 Å². The maximum atomic E-state index is 11.3. The minimum absolute atomic E-state index is 0.0119. The predicted molar refractivity (Wildman–Crippen MR) is 132 cm³/mol. The van der Waals surface area contributed by atoms with E-state index in [0.717, 1.165) is 37.5 Å². The molecule has 0 fully saturated rings. The van der Waals surface area contributed by atoms with Crippen LogP contribution in [-0.4, -0.2) is 38.5 Å². The standard InChI is InChI=1S/C26H46O4Si/c1-21(2)31(22(3)4,23(5)6)30-26(17-19-28)15-11-10-14-25(16-18-27)29-20-24-12-8-7-9-13-24/h7-9,12-13,19,21-23,25-27H,10-11,14-18,20H2,1-6H3/t25-,26+/m1/s1. The molecule has 0 radical (unpaired) electrons. The maximum absolute atomic E-state index is 11.3. The van der Waals surface area contributed by atoms with Gasteiger partial charge in [-0.3, -0.25) is 0 Å². The molecule has 1 aromatic carbocycles. The van der Waals surface area contributed by atoms with Crippen molar-refractivity contribution < 1.29 is 19.1 Å². The first-order valence-corrected chi connectivity index (χ1v) is 14.3. The fourth-order valence-corrected chi connectivity index (χ4v) is 10.6. The summed E-state index contributed by atoms with van der Waals surface area (Å²) in [5.41, 5.74) is 2.70. The van der Waals surface area contributed by atoms with Gasteiger partial charge in [-0.1, -0.05) is 84.7 Å². The normalized spacial score (nSPS) is 14.4. The van der Waals surface area contributed by atoms with E-state index in [-0.39, 0.29) is 18.8 Å². The molecule has 0 aliphatic carbocycles. The number of hydrogen-bond donors (Lipinski definition) is 1. The lowest BCUT2D eigenvalue weighted by molar-refractivity contribution is -0.109. The molecule has 0 spiro atoms. The van der Waals surface area contributed by atoms with E-state index in [1.54, 1.807) is 0 Å². The topological polar surface area (TPSA) is 55.8 Å². The van der Waals surface area contributed by atoms with Crippen molar-refractivity contribution in [2.45, 2.75) is 116 Å². The van der Waals surface area contributed by atoms with E-state index in [1.807, 2.05) is 18.2 Å². The van der Waals surface area contributed by atoms with Crippen LogP contribution in [0, 0.1) is 0 Å². The Bertz CT molecular complexity index is 567. The van der Waals surface area contributed by atoms with Gasteiger partial charge in [-0.15, -0.1) is 0 Å². The Morgan fingerprint density at radius 3 is 1.90 bits per heavy atom. The summed E-state index contributed by atoms with van der Waals surface area (Å²) in [7, 11) is -1.99. The second-order valence-electron chi connectivity index (χ2n) is 9.68. The zero-order valence-corrected chi connectivity index (χ0v) is 21.7. The number of carbonyl (C=O) groups excluding carboxylic acids is 1. The molecule has 1 aromatic rings. The molecule has 5 heteroatoms. The Balaban J connectivity index is 2.60. The molecular formula is C26H46O4Si. The van der Waals surface area contributed by atoms with Crippen LogP contribution in [0.5, 0.6) is 0 Å². The third-order valence-electron chi connectivity index (χ3n) is 6.52. The molecule has 2 atom stereocenters. The SMILES string of the molecule is CC(C)[Si](O[C@H](CC=O)CCCC[C@H](CCO)OCc1ccccc1)(C(C)C)C(C)C. The fraction of sp³-hybridized carbons (Fsp3) is 0.731. The van der Waals surface area contributed by atoms with Crippen molar-refractivity contribution in [1.29, 1.82) is 0 Å². The molecule has 0 aromatic heterocycles. The predicted octanol–water partition coefficient (Wildman–Crippen LogP) is 6.66. The van der Waals surface area contributed by atoms with Gasteiger partial charge in [-0.05, 0) is 41.4 Å². The molecule has 4 nitrogen and oxygen atoms in total. The first kappa shape index (κ1) is 28.0. The molecular weight excluding hydrogens is 404 g/mol. The van der Waals surface area contributed by atoms with Crippen LogP contribution in [0.2, 0.25) is 16.6 Å². The molecule has 1 N–H and O–H groups in total. The molecule has 31 heavy (non-hydrogen) atoms.